The third-order valence-electron chi connectivity index (χ3n) is 7.34. The van der Waals surface area contributed by atoms with Crippen molar-refractivity contribution in [2.24, 2.45) is 0 Å². The molecule has 11 heteroatoms. The lowest BCUT2D eigenvalue weighted by Gasteiger charge is -2.30. The number of nitrogens with zero attached hydrogens (tertiary/aromatic N) is 5. The molecule has 1 N–H and O–H groups in total. The van der Waals surface area contributed by atoms with Crippen LogP contribution < -0.4 is 15.0 Å². The van der Waals surface area contributed by atoms with Gasteiger partial charge in [0.2, 0.25) is 0 Å². The highest BCUT2D eigenvalue weighted by molar-refractivity contribution is 5.83. The zero-order valence-electron chi connectivity index (χ0n) is 21.8. The Morgan fingerprint density at radius 2 is 1.90 bits per heavy atom. The van der Waals surface area contributed by atoms with Crippen molar-refractivity contribution < 1.29 is 18.6 Å². The monoisotopic (exact) mass is 534 g/mol. The molecule has 4 heterocycles. The molecule has 0 aliphatic carbocycles. The predicted molar refractivity (Wildman–Crippen MR) is 141 cm³/mol. The van der Waals surface area contributed by atoms with Crippen LogP contribution in [0.4, 0.5) is 4.39 Å². The van der Waals surface area contributed by atoms with E-state index < -0.39 is 0 Å². The van der Waals surface area contributed by atoms with E-state index in [4.69, 9.17) is 14.2 Å². The maximum Gasteiger partial charge on any atom is 0.252 e. The highest BCUT2D eigenvalue weighted by atomic mass is 19.1. The lowest BCUT2D eigenvalue weighted by Crippen LogP contribution is -2.33. The summed E-state index contributed by atoms with van der Waals surface area (Å²) in [5, 5.41) is 13.5. The van der Waals surface area contributed by atoms with Crippen LogP contribution in [-0.4, -0.2) is 56.0 Å². The van der Waals surface area contributed by atoms with Gasteiger partial charge in [-0.15, -0.1) is 5.10 Å². The van der Waals surface area contributed by atoms with E-state index in [0.717, 1.165) is 30.4 Å². The number of aromatic nitrogens is 5. The molecule has 2 aliphatic rings. The van der Waals surface area contributed by atoms with Crippen LogP contribution in [-0.2, 0) is 24.4 Å². The highest BCUT2D eigenvalue weighted by Crippen LogP contribution is 2.34. The first-order valence-electron chi connectivity index (χ1n) is 13.4. The van der Waals surface area contributed by atoms with E-state index in [-0.39, 0.29) is 23.5 Å². The van der Waals surface area contributed by atoms with Gasteiger partial charge >= 0.3 is 0 Å². The van der Waals surface area contributed by atoms with Crippen LogP contribution >= 0.6 is 0 Å². The van der Waals surface area contributed by atoms with Gasteiger partial charge in [-0.1, -0.05) is 19.1 Å². The lowest BCUT2D eigenvalue weighted by atomic mass is 10.1. The Morgan fingerprint density at radius 3 is 2.64 bits per heavy atom. The third kappa shape index (κ3) is 5.50. The molecule has 0 saturated carbocycles. The van der Waals surface area contributed by atoms with Crippen molar-refractivity contribution in [1.29, 1.82) is 0 Å². The molecule has 1 saturated heterocycles. The highest BCUT2D eigenvalue weighted by Gasteiger charge is 2.28. The standard InChI is InChI=1S/C28H31FN6O4/c1-2-24(27-31-32-33-35(27)17-22-4-3-9-37-22)34(15-18-5-7-21(29)8-6-18)16-20-12-19-13-25-26(39-11-10-38-25)14-23(19)30-28(20)36/h5-8,12-14,22,24H,2-4,9-11,15-17H2,1H3,(H,30,36)/t22-,24+/m1/s1. The molecule has 6 rings (SSSR count). The van der Waals surface area contributed by atoms with Crippen LogP contribution in [0.5, 0.6) is 11.5 Å². The first kappa shape index (κ1) is 25.4. The topological polar surface area (TPSA) is 107 Å². The van der Waals surface area contributed by atoms with Crippen molar-refractivity contribution in [2.75, 3.05) is 19.8 Å². The molecule has 2 aromatic carbocycles. The van der Waals surface area contributed by atoms with Crippen molar-refractivity contribution in [2.45, 2.75) is 58.0 Å². The molecule has 0 bridgehead atoms. The van der Waals surface area contributed by atoms with Crippen LogP contribution in [0, 0.1) is 5.82 Å². The van der Waals surface area contributed by atoms with Gasteiger partial charge in [0, 0.05) is 36.7 Å². The van der Waals surface area contributed by atoms with Gasteiger partial charge in [-0.05, 0) is 59.5 Å². The molecular weight excluding hydrogens is 503 g/mol. The maximum atomic E-state index is 13.7. The van der Waals surface area contributed by atoms with Crippen LogP contribution in [0.3, 0.4) is 0 Å². The molecule has 0 unspecified atom stereocenters. The SMILES string of the molecule is CC[C@@H](c1nnnn1C[C@H]1CCCO1)N(Cc1ccc(F)cc1)Cc1cc2cc3c(cc2[nH]c1=O)OCCO3. The average molecular weight is 535 g/mol. The largest absolute Gasteiger partial charge is 0.486 e. The van der Waals surface area contributed by atoms with E-state index in [2.05, 4.69) is 32.3 Å². The van der Waals surface area contributed by atoms with Crippen molar-refractivity contribution in [3.8, 4) is 11.5 Å². The average Bonchev–Trinajstić information content (AvgIpc) is 3.63. The van der Waals surface area contributed by atoms with Gasteiger partial charge < -0.3 is 19.2 Å². The summed E-state index contributed by atoms with van der Waals surface area (Å²) in [7, 11) is 0. The Labute approximate surface area is 224 Å². The number of fused-ring (bicyclic) bond motifs is 2. The van der Waals surface area contributed by atoms with Gasteiger partial charge in [0.1, 0.15) is 19.0 Å². The number of benzene rings is 2. The number of hydrogen-bond donors (Lipinski definition) is 1. The summed E-state index contributed by atoms with van der Waals surface area (Å²) in [6.45, 7) is 5.17. The van der Waals surface area contributed by atoms with Crippen molar-refractivity contribution in [3.63, 3.8) is 0 Å². The number of nitrogens with one attached hydrogen (secondary N) is 1. The Bertz CT molecular complexity index is 1500. The minimum Gasteiger partial charge on any atom is -0.486 e. The van der Waals surface area contributed by atoms with Crippen LogP contribution in [0.15, 0.2) is 47.3 Å². The summed E-state index contributed by atoms with van der Waals surface area (Å²) in [5.74, 6) is 1.71. The maximum absolute atomic E-state index is 13.7. The first-order chi connectivity index (χ1) is 19.1. The zero-order chi connectivity index (χ0) is 26.8. The van der Waals surface area contributed by atoms with Gasteiger partial charge in [-0.2, -0.15) is 0 Å². The van der Waals surface area contributed by atoms with Gasteiger partial charge in [0.25, 0.3) is 5.56 Å². The number of ether oxygens (including phenoxy) is 3. The summed E-state index contributed by atoms with van der Waals surface area (Å²) in [6.07, 6.45) is 2.79. The van der Waals surface area contributed by atoms with E-state index >= 15 is 0 Å². The summed E-state index contributed by atoms with van der Waals surface area (Å²) in [4.78, 5) is 18.4. The van der Waals surface area contributed by atoms with E-state index in [9.17, 15) is 9.18 Å². The van der Waals surface area contributed by atoms with Gasteiger partial charge in [-0.25, -0.2) is 9.07 Å². The number of aromatic amines is 1. The molecule has 1 fully saturated rings. The van der Waals surface area contributed by atoms with Crippen molar-refractivity contribution >= 4 is 10.9 Å². The smallest absolute Gasteiger partial charge is 0.252 e. The molecule has 0 radical (unpaired) electrons. The molecule has 39 heavy (non-hydrogen) atoms. The van der Waals surface area contributed by atoms with Crippen molar-refractivity contribution in [3.05, 3.63) is 75.6 Å². The van der Waals surface area contributed by atoms with E-state index in [1.54, 1.807) is 18.2 Å². The second-order valence-electron chi connectivity index (χ2n) is 10.0. The molecule has 204 valence electrons. The Kier molecular flexibility index (Phi) is 7.25. The summed E-state index contributed by atoms with van der Waals surface area (Å²) < 4.78 is 32.7. The third-order valence-corrected chi connectivity index (χ3v) is 7.34. The number of H-pyrrole nitrogens is 1. The molecular formula is C28H31FN6O4. The number of pyridine rings is 1. The predicted octanol–water partition coefficient (Wildman–Crippen LogP) is 3.76. The fourth-order valence-electron chi connectivity index (χ4n) is 5.39. The number of halogens is 1. The summed E-state index contributed by atoms with van der Waals surface area (Å²) in [5.41, 5.74) is 2.02. The molecule has 10 nitrogen and oxygen atoms in total. The zero-order valence-corrected chi connectivity index (χ0v) is 21.8. The first-order valence-corrected chi connectivity index (χ1v) is 13.4. The fourth-order valence-corrected chi connectivity index (χ4v) is 5.39. The minimum atomic E-state index is -0.293. The van der Waals surface area contributed by atoms with Gasteiger partial charge in [0.05, 0.1) is 24.2 Å². The van der Waals surface area contributed by atoms with Crippen molar-refractivity contribution in [1.82, 2.24) is 30.1 Å². The van der Waals surface area contributed by atoms with E-state index in [1.807, 2.05) is 16.8 Å². The second-order valence-corrected chi connectivity index (χ2v) is 10.0. The minimum absolute atomic E-state index is 0.0794. The van der Waals surface area contributed by atoms with Crippen LogP contribution in [0.1, 0.15) is 49.2 Å². The van der Waals surface area contributed by atoms with Gasteiger partial charge in [0.15, 0.2) is 17.3 Å². The normalized spacial score (nSPS) is 17.7. The Balaban J connectivity index is 1.35. The van der Waals surface area contributed by atoms with E-state index in [0.29, 0.717) is 67.7 Å². The van der Waals surface area contributed by atoms with Gasteiger partial charge in [-0.3, -0.25) is 9.69 Å². The molecule has 2 aliphatic heterocycles. The Hall–Kier alpha value is -3.83. The summed E-state index contributed by atoms with van der Waals surface area (Å²) in [6, 6.07) is 11.8. The molecule has 0 spiro atoms. The van der Waals surface area contributed by atoms with Crippen LogP contribution in [0.25, 0.3) is 10.9 Å². The molecule has 2 aromatic heterocycles. The number of tetrazole rings is 1. The molecule has 0 amide bonds. The summed E-state index contributed by atoms with van der Waals surface area (Å²) >= 11 is 0. The quantitative estimate of drug-likeness (QED) is 0.346. The Morgan fingerprint density at radius 1 is 1.10 bits per heavy atom. The number of rotatable bonds is 9. The lowest BCUT2D eigenvalue weighted by molar-refractivity contribution is 0.0888. The molecule has 4 aromatic rings. The van der Waals surface area contributed by atoms with Crippen LogP contribution in [0.2, 0.25) is 0 Å². The van der Waals surface area contributed by atoms with E-state index in [1.165, 1.54) is 12.1 Å². The molecule has 2 atom stereocenters. The fraction of sp³-hybridized carbons (Fsp3) is 0.429. The second kappa shape index (κ2) is 11.1. The number of hydrogen-bond acceptors (Lipinski definition) is 8.